The Balaban J connectivity index is 1.28. The molecule has 0 radical (unpaired) electrons. The lowest BCUT2D eigenvalue weighted by molar-refractivity contribution is 0.247. The number of thiazole rings is 1. The molecule has 4 aromatic rings. The van der Waals surface area contributed by atoms with Gasteiger partial charge in [0.15, 0.2) is 0 Å². The van der Waals surface area contributed by atoms with E-state index in [1.54, 1.807) is 24.3 Å². The Morgan fingerprint density at radius 1 is 0.943 bits per heavy atom. The van der Waals surface area contributed by atoms with E-state index in [4.69, 9.17) is 14.2 Å². The smallest absolute Gasteiger partial charge is 0.307 e. The number of H-pyrrole nitrogens is 1. The Morgan fingerprint density at radius 2 is 1.66 bits per heavy atom. The molecular weight excluding hydrogens is 469 g/mol. The molecule has 0 aliphatic heterocycles. The molecule has 0 unspecified atom stereocenters. The lowest BCUT2D eigenvalue weighted by Crippen LogP contribution is -2.05. The van der Waals surface area contributed by atoms with Crippen molar-refractivity contribution in [2.75, 3.05) is 13.2 Å². The third-order valence-electron chi connectivity index (χ3n) is 5.13. The number of aromatic amines is 1. The third-order valence-corrected chi connectivity index (χ3v) is 6.05. The van der Waals surface area contributed by atoms with E-state index in [1.807, 2.05) is 37.3 Å². The first-order valence-electron chi connectivity index (χ1n) is 11.4. The molecule has 0 spiro atoms. The Bertz CT molecular complexity index is 1330. The molecule has 1 heterocycles. The molecule has 0 aliphatic carbocycles. The van der Waals surface area contributed by atoms with Crippen LogP contribution in [0.5, 0.6) is 28.9 Å². The molecule has 0 saturated carbocycles. The summed E-state index contributed by atoms with van der Waals surface area (Å²) >= 11 is 0.947. The van der Waals surface area contributed by atoms with Crippen LogP contribution in [0.1, 0.15) is 25.3 Å². The summed E-state index contributed by atoms with van der Waals surface area (Å²) in [5.41, 5.74) is 1.54. The van der Waals surface area contributed by atoms with E-state index in [0.29, 0.717) is 53.1 Å². The molecule has 3 aromatic carbocycles. The SMILES string of the molecule is CCCc1cc(F)ccc1Oc1cccc(OCCCOc2cccc(-c3sc(=O)[nH]c3O)c2)c1. The molecule has 8 heteroatoms. The standard InChI is InChI=1S/C27H26FNO5S/c1-2-6-18-15-20(28)11-12-24(18)34-23-10-4-9-22(17-23)33-14-5-13-32-21-8-3-7-19(16-21)25-26(30)29-27(31)35-25/h3-4,7-12,15-17,30H,2,5-6,13-14H2,1H3,(H,29,31). The first-order chi connectivity index (χ1) is 17.0. The van der Waals surface area contributed by atoms with Gasteiger partial charge in [0.05, 0.1) is 18.1 Å². The highest BCUT2D eigenvalue weighted by atomic mass is 32.1. The summed E-state index contributed by atoms with van der Waals surface area (Å²) in [7, 11) is 0. The van der Waals surface area contributed by atoms with Crippen LogP contribution < -0.4 is 19.1 Å². The maximum atomic E-state index is 13.6. The van der Waals surface area contributed by atoms with Crippen LogP contribution in [0.4, 0.5) is 4.39 Å². The number of hydrogen-bond acceptors (Lipinski definition) is 6. The van der Waals surface area contributed by atoms with Gasteiger partial charge in [-0.1, -0.05) is 42.9 Å². The van der Waals surface area contributed by atoms with Crippen LogP contribution in [0.25, 0.3) is 10.4 Å². The first-order valence-corrected chi connectivity index (χ1v) is 12.2. The molecule has 0 atom stereocenters. The summed E-state index contributed by atoms with van der Waals surface area (Å²) < 4.78 is 31.2. The van der Waals surface area contributed by atoms with Crippen LogP contribution >= 0.6 is 11.3 Å². The van der Waals surface area contributed by atoms with E-state index in [9.17, 15) is 14.3 Å². The highest BCUT2D eigenvalue weighted by molar-refractivity contribution is 7.13. The number of nitrogens with one attached hydrogen (secondary N) is 1. The van der Waals surface area contributed by atoms with Crippen LogP contribution in [0.3, 0.4) is 0 Å². The number of benzene rings is 3. The third kappa shape index (κ3) is 6.64. The van der Waals surface area contributed by atoms with Crippen molar-refractivity contribution in [3.05, 3.63) is 87.8 Å². The number of halogens is 1. The van der Waals surface area contributed by atoms with E-state index in [1.165, 1.54) is 12.1 Å². The average molecular weight is 496 g/mol. The zero-order valence-corrected chi connectivity index (χ0v) is 20.1. The topological polar surface area (TPSA) is 80.8 Å². The van der Waals surface area contributed by atoms with Gasteiger partial charge in [-0.2, -0.15) is 0 Å². The van der Waals surface area contributed by atoms with Crippen molar-refractivity contribution >= 4 is 11.3 Å². The zero-order chi connectivity index (χ0) is 24.6. The minimum absolute atomic E-state index is 0.141. The van der Waals surface area contributed by atoms with E-state index >= 15 is 0 Å². The van der Waals surface area contributed by atoms with Crippen molar-refractivity contribution in [1.29, 1.82) is 0 Å². The molecule has 6 nitrogen and oxygen atoms in total. The fourth-order valence-corrected chi connectivity index (χ4v) is 4.27. The Kier molecular flexibility index (Phi) is 8.05. The van der Waals surface area contributed by atoms with E-state index in [2.05, 4.69) is 4.98 Å². The molecule has 0 fully saturated rings. The monoisotopic (exact) mass is 495 g/mol. The van der Waals surface area contributed by atoms with Crippen LogP contribution in [-0.4, -0.2) is 23.3 Å². The second-order valence-electron chi connectivity index (χ2n) is 7.85. The van der Waals surface area contributed by atoms with E-state index in [0.717, 1.165) is 29.7 Å². The van der Waals surface area contributed by atoms with Crippen LogP contribution in [-0.2, 0) is 6.42 Å². The maximum absolute atomic E-state index is 13.6. The van der Waals surface area contributed by atoms with Crippen molar-refractivity contribution in [3.8, 4) is 39.3 Å². The van der Waals surface area contributed by atoms with Gasteiger partial charge in [0.25, 0.3) is 0 Å². The highest BCUT2D eigenvalue weighted by Crippen LogP contribution is 2.32. The molecule has 0 bridgehead atoms. The maximum Gasteiger partial charge on any atom is 0.307 e. The summed E-state index contributed by atoms with van der Waals surface area (Å²) in [4.78, 5) is 14.0. The van der Waals surface area contributed by atoms with Gasteiger partial charge >= 0.3 is 4.87 Å². The lowest BCUT2D eigenvalue weighted by Gasteiger charge is -2.13. The van der Waals surface area contributed by atoms with Crippen LogP contribution in [0.2, 0.25) is 0 Å². The quantitative estimate of drug-likeness (QED) is 0.231. The fourth-order valence-electron chi connectivity index (χ4n) is 3.55. The van der Waals surface area contributed by atoms with Crippen LogP contribution in [0, 0.1) is 5.82 Å². The summed E-state index contributed by atoms with van der Waals surface area (Å²) in [5.74, 6) is 2.15. The van der Waals surface area contributed by atoms with Gasteiger partial charge in [-0.25, -0.2) is 4.39 Å². The van der Waals surface area contributed by atoms with Gasteiger partial charge in [-0.3, -0.25) is 9.78 Å². The van der Waals surface area contributed by atoms with Crippen molar-refractivity contribution in [1.82, 2.24) is 4.98 Å². The Labute approximate surface area is 206 Å². The van der Waals surface area contributed by atoms with Gasteiger partial charge in [-0.15, -0.1) is 0 Å². The lowest BCUT2D eigenvalue weighted by atomic mass is 10.1. The molecule has 0 amide bonds. The number of aromatic nitrogens is 1. The van der Waals surface area contributed by atoms with Crippen molar-refractivity contribution in [3.63, 3.8) is 0 Å². The zero-order valence-electron chi connectivity index (χ0n) is 19.3. The van der Waals surface area contributed by atoms with Gasteiger partial charge in [0.1, 0.15) is 28.8 Å². The van der Waals surface area contributed by atoms with Crippen LogP contribution in [0.15, 0.2) is 71.5 Å². The number of rotatable bonds is 11. The van der Waals surface area contributed by atoms with Crippen molar-refractivity contribution in [2.45, 2.75) is 26.2 Å². The predicted molar refractivity (Wildman–Crippen MR) is 135 cm³/mol. The van der Waals surface area contributed by atoms with Gasteiger partial charge < -0.3 is 19.3 Å². The normalized spacial score (nSPS) is 10.8. The van der Waals surface area contributed by atoms with E-state index < -0.39 is 0 Å². The summed E-state index contributed by atoms with van der Waals surface area (Å²) in [6.45, 7) is 2.92. The van der Waals surface area contributed by atoms with Crippen molar-refractivity contribution in [2.24, 2.45) is 0 Å². The predicted octanol–water partition coefficient (Wildman–Crippen LogP) is 6.54. The summed E-state index contributed by atoms with van der Waals surface area (Å²) in [5, 5.41) is 9.85. The molecular formula is C27H26FNO5S. The number of aromatic hydroxyl groups is 1. The average Bonchev–Trinajstić information content (AvgIpc) is 3.19. The minimum Gasteiger partial charge on any atom is -0.493 e. The summed E-state index contributed by atoms with van der Waals surface area (Å²) in [6.07, 6.45) is 2.28. The number of aryl methyl sites for hydroxylation is 1. The fraction of sp³-hybridized carbons (Fsp3) is 0.222. The molecule has 182 valence electrons. The number of ether oxygens (including phenoxy) is 3. The highest BCUT2D eigenvalue weighted by Gasteiger charge is 2.10. The molecule has 0 aliphatic rings. The number of hydrogen-bond donors (Lipinski definition) is 2. The summed E-state index contributed by atoms with van der Waals surface area (Å²) in [6, 6.07) is 19.1. The molecule has 4 rings (SSSR count). The largest absolute Gasteiger partial charge is 0.493 e. The second kappa shape index (κ2) is 11.6. The van der Waals surface area contributed by atoms with Gasteiger partial charge in [-0.05, 0) is 54.4 Å². The molecule has 0 saturated heterocycles. The Morgan fingerprint density at radius 3 is 2.37 bits per heavy atom. The van der Waals surface area contributed by atoms with Gasteiger partial charge in [0, 0.05) is 18.1 Å². The van der Waals surface area contributed by atoms with Gasteiger partial charge in [0.2, 0.25) is 5.88 Å². The molecule has 2 N–H and O–H groups in total. The molecule has 1 aromatic heterocycles. The van der Waals surface area contributed by atoms with Crippen molar-refractivity contribution < 1.29 is 23.7 Å². The first kappa shape index (κ1) is 24.3. The molecule has 35 heavy (non-hydrogen) atoms. The Hall–Kier alpha value is -3.78. The second-order valence-corrected chi connectivity index (χ2v) is 8.83. The minimum atomic E-state index is -0.311. The van der Waals surface area contributed by atoms with E-state index in [-0.39, 0.29) is 16.6 Å².